The van der Waals surface area contributed by atoms with Gasteiger partial charge in [-0.05, 0) is 37.1 Å². The molecule has 23 heavy (non-hydrogen) atoms. The maximum absolute atomic E-state index is 14.3. The van der Waals surface area contributed by atoms with E-state index in [1.54, 1.807) is 0 Å². The minimum absolute atomic E-state index is 0.0624. The molecule has 0 aliphatic carbocycles. The van der Waals surface area contributed by atoms with Gasteiger partial charge in [0.05, 0.1) is 0 Å². The maximum atomic E-state index is 14.3. The molecule has 124 valence electrons. The summed E-state index contributed by atoms with van der Waals surface area (Å²) in [6.07, 6.45) is -0.125. The van der Waals surface area contributed by atoms with Crippen LogP contribution in [0.3, 0.4) is 0 Å². The number of benzene rings is 2. The van der Waals surface area contributed by atoms with E-state index in [0.717, 1.165) is 24.3 Å². The van der Waals surface area contributed by atoms with Crippen LogP contribution < -0.4 is 0 Å². The molecule has 0 amide bonds. The molecule has 0 atom stereocenters. The van der Waals surface area contributed by atoms with Gasteiger partial charge in [0.1, 0.15) is 33.1 Å². The maximum Gasteiger partial charge on any atom is 0.212 e. The topological polar surface area (TPSA) is 34.1 Å². The Bertz CT molecular complexity index is 795. The van der Waals surface area contributed by atoms with Crippen LogP contribution in [-0.2, 0) is 22.7 Å². The van der Waals surface area contributed by atoms with E-state index >= 15 is 0 Å². The lowest BCUT2D eigenvalue weighted by molar-refractivity contribution is 0.519. The fourth-order valence-corrected chi connectivity index (χ4v) is 3.78. The van der Waals surface area contributed by atoms with Gasteiger partial charge in [0.2, 0.25) is 9.84 Å². The Balaban J connectivity index is 2.75. The Morgan fingerprint density at radius 1 is 0.739 bits per heavy atom. The third-order valence-electron chi connectivity index (χ3n) is 3.59. The molecule has 0 heterocycles. The second-order valence-corrected chi connectivity index (χ2v) is 6.77. The van der Waals surface area contributed by atoms with E-state index in [2.05, 4.69) is 0 Å². The lowest BCUT2D eigenvalue weighted by Crippen LogP contribution is -2.11. The van der Waals surface area contributed by atoms with Crippen LogP contribution in [0.2, 0.25) is 0 Å². The van der Waals surface area contributed by atoms with Crippen molar-refractivity contribution in [3.8, 4) is 0 Å². The lowest BCUT2D eigenvalue weighted by atomic mass is 10.1. The van der Waals surface area contributed by atoms with Crippen molar-refractivity contribution in [2.24, 2.45) is 0 Å². The van der Waals surface area contributed by atoms with E-state index in [9.17, 15) is 26.0 Å². The molecule has 0 fully saturated rings. The van der Waals surface area contributed by atoms with Gasteiger partial charge in [-0.25, -0.2) is 26.0 Å². The predicted molar refractivity (Wildman–Crippen MR) is 76.9 cm³/mol. The van der Waals surface area contributed by atoms with Gasteiger partial charge in [0.25, 0.3) is 0 Å². The Morgan fingerprint density at radius 2 is 1.09 bits per heavy atom. The lowest BCUT2D eigenvalue weighted by Gasteiger charge is -2.12. The van der Waals surface area contributed by atoms with Crippen molar-refractivity contribution in [2.45, 2.75) is 36.5 Å². The zero-order valence-corrected chi connectivity index (χ0v) is 13.3. The average molecular weight is 346 g/mol. The van der Waals surface area contributed by atoms with Crippen LogP contribution >= 0.6 is 0 Å². The van der Waals surface area contributed by atoms with Gasteiger partial charge < -0.3 is 0 Å². The molecule has 2 rings (SSSR count). The molecule has 0 saturated heterocycles. The van der Waals surface area contributed by atoms with Crippen LogP contribution in [0.15, 0.2) is 34.1 Å². The fourth-order valence-electron chi connectivity index (χ4n) is 2.33. The van der Waals surface area contributed by atoms with Gasteiger partial charge >= 0.3 is 0 Å². The van der Waals surface area contributed by atoms with Gasteiger partial charge in [0, 0.05) is 11.1 Å². The molecule has 2 nitrogen and oxygen atoms in total. The Morgan fingerprint density at radius 3 is 1.39 bits per heavy atom. The van der Waals surface area contributed by atoms with E-state index < -0.39 is 54.0 Å². The third-order valence-corrected chi connectivity index (χ3v) is 5.38. The van der Waals surface area contributed by atoms with Crippen molar-refractivity contribution in [3.63, 3.8) is 0 Å². The smallest absolute Gasteiger partial charge is 0.212 e. The average Bonchev–Trinajstić information content (AvgIpc) is 2.47. The summed E-state index contributed by atoms with van der Waals surface area (Å²) in [5, 5.41) is 0. The van der Waals surface area contributed by atoms with E-state index in [4.69, 9.17) is 0 Å². The Kier molecular flexibility index (Phi) is 4.79. The number of rotatable bonds is 4. The summed E-state index contributed by atoms with van der Waals surface area (Å²) in [5.41, 5.74) is -0.798. The van der Waals surface area contributed by atoms with Crippen LogP contribution in [-0.4, -0.2) is 8.42 Å². The summed E-state index contributed by atoms with van der Waals surface area (Å²) in [6, 6.07) is 3.12. The summed E-state index contributed by atoms with van der Waals surface area (Å²) in [6.45, 7) is 2.93. The zero-order valence-electron chi connectivity index (χ0n) is 12.5. The molecular formula is C16H14F4O2S. The first-order chi connectivity index (χ1) is 10.8. The number of halogens is 4. The van der Waals surface area contributed by atoms with Crippen molar-refractivity contribution in [1.82, 2.24) is 0 Å². The third kappa shape index (κ3) is 2.85. The SMILES string of the molecule is CCc1c(F)ccc(S(=O)(=O)c2ccc(F)c(CC)c2F)c1F. The van der Waals surface area contributed by atoms with Crippen molar-refractivity contribution in [2.75, 3.05) is 0 Å². The van der Waals surface area contributed by atoms with Crippen LogP contribution in [0, 0.1) is 23.3 Å². The summed E-state index contributed by atoms with van der Waals surface area (Å²) < 4.78 is 80.6. The molecule has 0 aromatic heterocycles. The van der Waals surface area contributed by atoms with Gasteiger partial charge in [-0.2, -0.15) is 0 Å². The summed E-state index contributed by atoms with van der Waals surface area (Å²) in [7, 11) is -4.58. The summed E-state index contributed by atoms with van der Waals surface area (Å²) in [4.78, 5) is -1.66. The first kappa shape index (κ1) is 17.5. The van der Waals surface area contributed by atoms with Crippen LogP contribution in [0.25, 0.3) is 0 Å². The summed E-state index contributed by atoms with van der Waals surface area (Å²) >= 11 is 0. The number of sulfone groups is 1. The highest BCUT2D eigenvalue weighted by Gasteiger charge is 2.29. The summed E-state index contributed by atoms with van der Waals surface area (Å²) in [5.74, 6) is -4.26. The van der Waals surface area contributed by atoms with Crippen molar-refractivity contribution in [3.05, 3.63) is 58.7 Å². The Hall–Kier alpha value is -1.89. The van der Waals surface area contributed by atoms with Crippen molar-refractivity contribution >= 4 is 9.84 Å². The molecule has 0 aliphatic heterocycles. The van der Waals surface area contributed by atoms with E-state index in [1.165, 1.54) is 13.8 Å². The molecule has 0 N–H and O–H groups in total. The normalized spacial score (nSPS) is 11.7. The van der Waals surface area contributed by atoms with Crippen LogP contribution in [0.1, 0.15) is 25.0 Å². The van der Waals surface area contributed by atoms with E-state index in [-0.39, 0.29) is 12.8 Å². The predicted octanol–water partition coefficient (Wildman–Crippen LogP) is 4.20. The minimum Gasteiger partial charge on any atom is -0.218 e. The largest absolute Gasteiger partial charge is 0.218 e. The van der Waals surface area contributed by atoms with Crippen molar-refractivity contribution < 1.29 is 26.0 Å². The van der Waals surface area contributed by atoms with Gasteiger partial charge in [-0.1, -0.05) is 13.8 Å². The quantitative estimate of drug-likeness (QED) is 0.614. The molecule has 0 saturated carbocycles. The number of hydrogen-bond donors (Lipinski definition) is 0. The second kappa shape index (κ2) is 6.31. The molecule has 0 unspecified atom stereocenters. The van der Waals surface area contributed by atoms with Gasteiger partial charge in [-0.3, -0.25) is 0 Å². The van der Waals surface area contributed by atoms with E-state index in [1.807, 2.05) is 0 Å². The molecule has 7 heteroatoms. The molecule has 0 spiro atoms. The highest BCUT2D eigenvalue weighted by atomic mass is 32.2. The molecule has 2 aromatic carbocycles. The molecule has 2 aromatic rings. The van der Waals surface area contributed by atoms with Gasteiger partial charge in [0.15, 0.2) is 0 Å². The monoisotopic (exact) mass is 346 g/mol. The van der Waals surface area contributed by atoms with Crippen molar-refractivity contribution in [1.29, 1.82) is 0 Å². The van der Waals surface area contributed by atoms with Crippen LogP contribution in [0.4, 0.5) is 17.6 Å². The molecule has 0 radical (unpaired) electrons. The Labute approximate surface area is 131 Å². The fraction of sp³-hybridized carbons (Fsp3) is 0.250. The highest BCUT2D eigenvalue weighted by Crippen LogP contribution is 2.30. The van der Waals surface area contributed by atoms with Crippen LogP contribution in [0.5, 0.6) is 0 Å². The minimum atomic E-state index is -4.58. The molecular weight excluding hydrogens is 332 g/mol. The first-order valence-electron chi connectivity index (χ1n) is 6.94. The molecule has 0 aliphatic rings. The van der Waals surface area contributed by atoms with Gasteiger partial charge in [-0.15, -0.1) is 0 Å². The zero-order chi connectivity index (χ0) is 17.4. The first-order valence-corrected chi connectivity index (χ1v) is 8.42. The number of hydrogen-bond acceptors (Lipinski definition) is 2. The highest BCUT2D eigenvalue weighted by molar-refractivity contribution is 7.91. The standard InChI is InChI=1S/C16H14F4O2S/c1-3-9-11(17)5-7-13(15(9)19)23(21,22)14-8-6-12(18)10(4-2)16(14)20/h5-8H,3-4H2,1-2H3. The second-order valence-electron chi connectivity index (χ2n) is 4.89. The van der Waals surface area contributed by atoms with E-state index in [0.29, 0.717) is 0 Å². The molecule has 0 bridgehead atoms.